The minimum Gasteiger partial charge on any atom is -0.361 e. The number of hydrogen-bond acceptors (Lipinski definition) is 4. The van der Waals surface area contributed by atoms with Crippen LogP contribution in [-0.4, -0.2) is 38.1 Å². The fourth-order valence-corrected chi connectivity index (χ4v) is 2.79. The number of nitrogens with zero attached hydrogens (tertiary/aromatic N) is 2. The monoisotopic (exact) mass is 290 g/mol. The van der Waals surface area contributed by atoms with E-state index in [1.165, 1.54) is 0 Å². The van der Waals surface area contributed by atoms with Gasteiger partial charge in [-0.3, -0.25) is 4.79 Å². The highest BCUT2D eigenvalue weighted by molar-refractivity contribution is 5.97. The van der Waals surface area contributed by atoms with Crippen molar-refractivity contribution >= 4 is 17.4 Å². The molecule has 1 aliphatic heterocycles. The molecular weight excluding hydrogens is 264 g/mol. The Kier molecular flexibility index (Phi) is 4.83. The number of pyridine rings is 1. The van der Waals surface area contributed by atoms with Gasteiger partial charge < -0.3 is 15.5 Å². The number of carbonyl (C=O) groups is 1. The molecule has 2 rings (SSSR count). The van der Waals surface area contributed by atoms with E-state index in [4.69, 9.17) is 0 Å². The quantitative estimate of drug-likeness (QED) is 0.892. The summed E-state index contributed by atoms with van der Waals surface area (Å²) >= 11 is 0. The summed E-state index contributed by atoms with van der Waals surface area (Å²) in [6, 6.07) is 3.74. The lowest BCUT2D eigenvalue weighted by atomic mass is 9.74. The molecule has 1 aromatic heterocycles. The summed E-state index contributed by atoms with van der Waals surface area (Å²) in [7, 11) is 3.85. The van der Waals surface area contributed by atoms with E-state index in [1.54, 1.807) is 6.20 Å². The highest BCUT2D eigenvalue weighted by Crippen LogP contribution is 2.34. The number of nitrogens with one attached hydrogen (secondary N) is 2. The third-order valence-corrected chi connectivity index (χ3v) is 4.36. The van der Waals surface area contributed by atoms with E-state index in [0.29, 0.717) is 5.92 Å². The molecule has 1 amide bonds. The van der Waals surface area contributed by atoms with Crippen LogP contribution in [0.15, 0.2) is 18.3 Å². The molecule has 1 unspecified atom stereocenters. The Morgan fingerprint density at radius 2 is 2.24 bits per heavy atom. The Hall–Kier alpha value is -1.62. The number of amides is 1. The average molecular weight is 290 g/mol. The first-order valence-electron chi connectivity index (χ1n) is 7.57. The zero-order chi connectivity index (χ0) is 15.5. The SMILES string of the molecule is CN(C)c1ncccc1NC(=O)C(C)(C)C1CCCNC1. The molecule has 1 saturated heterocycles. The van der Waals surface area contributed by atoms with E-state index in [0.717, 1.165) is 37.4 Å². The first-order valence-corrected chi connectivity index (χ1v) is 7.57. The highest BCUT2D eigenvalue weighted by atomic mass is 16.2. The molecule has 116 valence electrons. The molecular formula is C16H26N4O. The summed E-state index contributed by atoms with van der Waals surface area (Å²) in [5, 5.41) is 6.45. The molecule has 21 heavy (non-hydrogen) atoms. The molecule has 1 atom stereocenters. The van der Waals surface area contributed by atoms with Crippen LogP contribution in [0, 0.1) is 11.3 Å². The number of rotatable bonds is 4. The molecule has 0 radical (unpaired) electrons. The predicted octanol–water partition coefficient (Wildman–Crippen LogP) is 2.11. The standard InChI is InChI=1S/C16H26N4O/c1-16(2,12-7-5-9-17-11-12)15(21)19-13-8-6-10-18-14(13)20(3)4/h6,8,10,12,17H,5,7,9,11H2,1-4H3,(H,19,21). The Balaban J connectivity index is 2.13. The minimum absolute atomic E-state index is 0.0623. The van der Waals surface area contributed by atoms with Gasteiger partial charge in [0.15, 0.2) is 5.82 Å². The lowest BCUT2D eigenvalue weighted by molar-refractivity contribution is -0.127. The van der Waals surface area contributed by atoms with Crippen molar-refractivity contribution in [2.75, 3.05) is 37.4 Å². The van der Waals surface area contributed by atoms with Gasteiger partial charge in [0.25, 0.3) is 0 Å². The summed E-state index contributed by atoms with van der Waals surface area (Å²) in [6.07, 6.45) is 3.97. The molecule has 2 heterocycles. The van der Waals surface area contributed by atoms with Crippen LogP contribution in [0.2, 0.25) is 0 Å². The van der Waals surface area contributed by atoms with Gasteiger partial charge >= 0.3 is 0 Å². The maximum absolute atomic E-state index is 12.7. The number of hydrogen-bond donors (Lipinski definition) is 2. The smallest absolute Gasteiger partial charge is 0.230 e. The molecule has 0 spiro atoms. The van der Waals surface area contributed by atoms with Crippen LogP contribution in [0.1, 0.15) is 26.7 Å². The first-order chi connectivity index (χ1) is 9.93. The summed E-state index contributed by atoms with van der Waals surface area (Å²) in [5.41, 5.74) is 0.372. The van der Waals surface area contributed by atoms with Gasteiger partial charge in [0, 0.05) is 25.7 Å². The van der Waals surface area contributed by atoms with E-state index < -0.39 is 5.41 Å². The topological polar surface area (TPSA) is 57.3 Å². The van der Waals surface area contributed by atoms with Crippen LogP contribution in [0.25, 0.3) is 0 Å². The Morgan fingerprint density at radius 3 is 2.86 bits per heavy atom. The Morgan fingerprint density at radius 1 is 1.48 bits per heavy atom. The number of anilines is 2. The fourth-order valence-electron chi connectivity index (χ4n) is 2.79. The lowest BCUT2D eigenvalue weighted by Gasteiger charge is -2.36. The van der Waals surface area contributed by atoms with Crippen molar-refractivity contribution in [3.63, 3.8) is 0 Å². The van der Waals surface area contributed by atoms with E-state index >= 15 is 0 Å². The zero-order valence-electron chi connectivity index (χ0n) is 13.4. The van der Waals surface area contributed by atoms with Crippen molar-refractivity contribution in [3.8, 4) is 0 Å². The van der Waals surface area contributed by atoms with Gasteiger partial charge in [-0.25, -0.2) is 4.98 Å². The van der Waals surface area contributed by atoms with Crippen molar-refractivity contribution in [2.24, 2.45) is 11.3 Å². The van der Waals surface area contributed by atoms with Crippen molar-refractivity contribution in [2.45, 2.75) is 26.7 Å². The van der Waals surface area contributed by atoms with Crippen LogP contribution in [0.5, 0.6) is 0 Å². The van der Waals surface area contributed by atoms with Gasteiger partial charge in [-0.1, -0.05) is 13.8 Å². The van der Waals surface area contributed by atoms with Gasteiger partial charge in [-0.2, -0.15) is 0 Å². The molecule has 1 fully saturated rings. The zero-order valence-corrected chi connectivity index (χ0v) is 13.4. The molecule has 0 saturated carbocycles. The van der Waals surface area contributed by atoms with Crippen LogP contribution < -0.4 is 15.5 Å². The predicted molar refractivity (Wildman–Crippen MR) is 86.6 cm³/mol. The third kappa shape index (κ3) is 3.53. The van der Waals surface area contributed by atoms with Crippen molar-refractivity contribution in [3.05, 3.63) is 18.3 Å². The minimum atomic E-state index is -0.396. The first kappa shape index (κ1) is 15.8. The number of carbonyl (C=O) groups excluding carboxylic acids is 1. The second-order valence-corrected chi connectivity index (χ2v) is 6.49. The van der Waals surface area contributed by atoms with Gasteiger partial charge in [0.05, 0.1) is 5.69 Å². The molecule has 1 aromatic rings. The fraction of sp³-hybridized carbons (Fsp3) is 0.625. The largest absolute Gasteiger partial charge is 0.361 e. The van der Waals surface area contributed by atoms with Crippen molar-refractivity contribution in [1.29, 1.82) is 0 Å². The summed E-state index contributed by atoms with van der Waals surface area (Å²) in [6.45, 7) is 6.03. The van der Waals surface area contributed by atoms with Gasteiger partial charge in [-0.15, -0.1) is 0 Å². The second-order valence-electron chi connectivity index (χ2n) is 6.49. The highest BCUT2D eigenvalue weighted by Gasteiger charge is 2.37. The van der Waals surface area contributed by atoms with Crippen molar-refractivity contribution < 1.29 is 4.79 Å². The Labute approximate surface area is 127 Å². The third-order valence-electron chi connectivity index (χ3n) is 4.36. The van der Waals surface area contributed by atoms with Gasteiger partial charge in [0.1, 0.15) is 0 Å². The maximum atomic E-state index is 12.7. The molecule has 2 N–H and O–H groups in total. The van der Waals surface area contributed by atoms with E-state index in [1.807, 2.05) is 45.0 Å². The number of piperidine rings is 1. The molecule has 0 aliphatic carbocycles. The molecule has 5 heteroatoms. The summed E-state index contributed by atoms with van der Waals surface area (Å²) in [5.74, 6) is 1.21. The average Bonchev–Trinajstić information content (AvgIpc) is 2.48. The van der Waals surface area contributed by atoms with Crippen LogP contribution in [0.3, 0.4) is 0 Å². The summed E-state index contributed by atoms with van der Waals surface area (Å²) < 4.78 is 0. The second kappa shape index (κ2) is 6.43. The van der Waals surface area contributed by atoms with Crippen molar-refractivity contribution in [1.82, 2.24) is 10.3 Å². The molecule has 0 aromatic carbocycles. The normalized spacial score (nSPS) is 19.1. The lowest BCUT2D eigenvalue weighted by Crippen LogP contribution is -2.45. The van der Waals surface area contributed by atoms with Gasteiger partial charge in [-0.05, 0) is 44.0 Å². The van der Waals surface area contributed by atoms with Crippen LogP contribution >= 0.6 is 0 Å². The Bertz CT molecular complexity index is 493. The maximum Gasteiger partial charge on any atom is 0.230 e. The van der Waals surface area contributed by atoms with Gasteiger partial charge in [0.2, 0.25) is 5.91 Å². The van der Waals surface area contributed by atoms with E-state index in [9.17, 15) is 4.79 Å². The van der Waals surface area contributed by atoms with E-state index in [2.05, 4.69) is 15.6 Å². The summed E-state index contributed by atoms with van der Waals surface area (Å²) in [4.78, 5) is 19.0. The molecule has 0 bridgehead atoms. The van der Waals surface area contributed by atoms with E-state index in [-0.39, 0.29) is 5.91 Å². The molecule has 5 nitrogen and oxygen atoms in total. The van der Waals surface area contributed by atoms with Crippen LogP contribution in [-0.2, 0) is 4.79 Å². The number of aromatic nitrogens is 1. The van der Waals surface area contributed by atoms with Crippen LogP contribution in [0.4, 0.5) is 11.5 Å². The molecule has 1 aliphatic rings.